The molecule has 5 nitrogen and oxygen atoms in total. The van der Waals surface area contributed by atoms with Crippen LogP contribution in [0.1, 0.15) is 37.7 Å². The summed E-state index contributed by atoms with van der Waals surface area (Å²) >= 11 is 0. The Balaban J connectivity index is 1.52. The van der Waals surface area contributed by atoms with Crippen LogP contribution >= 0.6 is 0 Å². The molecule has 1 aliphatic carbocycles. The first kappa shape index (κ1) is 18.6. The first-order valence-electron chi connectivity index (χ1n) is 11.3. The normalized spacial score (nSPS) is 17.8. The monoisotopic (exact) mass is 409 g/mol. The largest absolute Gasteiger partial charge is 0.357 e. The van der Waals surface area contributed by atoms with E-state index in [0.29, 0.717) is 0 Å². The van der Waals surface area contributed by atoms with Crippen LogP contribution in [0.5, 0.6) is 0 Å². The topological polar surface area (TPSA) is 60.0 Å². The Kier molecular flexibility index (Phi) is 4.32. The first-order valence-corrected chi connectivity index (χ1v) is 11.3. The van der Waals surface area contributed by atoms with E-state index in [0.717, 1.165) is 60.0 Å². The summed E-state index contributed by atoms with van der Waals surface area (Å²) in [5, 5.41) is 0. The summed E-state index contributed by atoms with van der Waals surface area (Å²) in [6, 6.07) is 23.3. The highest BCUT2D eigenvalue weighted by molar-refractivity contribution is 5.81. The number of hydrogen-bond acceptors (Lipinski definition) is 4. The summed E-state index contributed by atoms with van der Waals surface area (Å²) in [4.78, 5) is 12.4. The minimum Gasteiger partial charge on any atom is -0.357 e. The van der Waals surface area contributed by atoms with Gasteiger partial charge >= 0.3 is 0 Å². The summed E-state index contributed by atoms with van der Waals surface area (Å²) in [7, 11) is 0. The highest BCUT2D eigenvalue weighted by Crippen LogP contribution is 2.39. The highest BCUT2D eigenvalue weighted by atomic mass is 15.2. The molecular formula is C26H27N5. The zero-order chi connectivity index (χ0) is 20.8. The molecule has 0 bridgehead atoms. The molecule has 0 unspecified atom stereocenters. The molecule has 1 aliphatic heterocycles. The lowest BCUT2D eigenvalue weighted by Gasteiger charge is -2.38. The summed E-state index contributed by atoms with van der Waals surface area (Å²) in [5.41, 5.74) is 11.6. The molecule has 3 heterocycles. The molecular weight excluding hydrogens is 382 g/mol. The van der Waals surface area contributed by atoms with Gasteiger partial charge in [-0.3, -0.25) is 4.57 Å². The fraction of sp³-hybridized carbons (Fsp3) is 0.308. The van der Waals surface area contributed by atoms with Gasteiger partial charge in [-0.05, 0) is 61.9 Å². The fourth-order valence-corrected chi connectivity index (χ4v) is 4.88. The van der Waals surface area contributed by atoms with E-state index in [1.807, 2.05) is 6.07 Å². The number of nitrogens with zero attached hydrogens (tertiary/aromatic N) is 4. The van der Waals surface area contributed by atoms with Crippen molar-refractivity contribution in [2.45, 2.75) is 37.6 Å². The minimum absolute atomic E-state index is 0.154. The number of benzene rings is 2. The van der Waals surface area contributed by atoms with Gasteiger partial charge in [-0.2, -0.15) is 0 Å². The number of hydrogen-bond donors (Lipinski definition) is 1. The number of rotatable bonds is 4. The van der Waals surface area contributed by atoms with Crippen molar-refractivity contribution in [1.82, 2.24) is 14.5 Å². The third-order valence-corrected chi connectivity index (χ3v) is 6.90. The van der Waals surface area contributed by atoms with Gasteiger partial charge < -0.3 is 10.6 Å². The third-order valence-electron chi connectivity index (χ3n) is 6.90. The second-order valence-electron chi connectivity index (χ2n) is 8.90. The summed E-state index contributed by atoms with van der Waals surface area (Å²) < 4.78 is 2.19. The Morgan fingerprint density at radius 1 is 0.774 bits per heavy atom. The van der Waals surface area contributed by atoms with Crippen molar-refractivity contribution in [3.63, 3.8) is 0 Å². The first-order chi connectivity index (χ1) is 15.2. The van der Waals surface area contributed by atoms with Gasteiger partial charge in [0.15, 0.2) is 5.65 Å². The maximum Gasteiger partial charge on any atom is 0.167 e. The van der Waals surface area contributed by atoms with Crippen molar-refractivity contribution in [2.24, 2.45) is 5.73 Å². The van der Waals surface area contributed by atoms with Crippen LogP contribution in [0.2, 0.25) is 0 Å². The number of aromatic nitrogens is 3. The van der Waals surface area contributed by atoms with Crippen LogP contribution in [-0.4, -0.2) is 27.6 Å². The molecule has 2 fully saturated rings. The van der Waals surface area contributed by atoms with E-state index in [1.54, 1.807) is 0 Å². The zero-order valence-electron chi connectivity index (χ0n) is 17.7. The lowest BCUT2D eigenvalue weighted by atomic mass is 9.73. The number of anilines is 1. The number of imidazole rings is 1. The average Bonchev–Trinajstić information content (AvgIpc) is 3.46. The van der Waals surface area contributed by atoms with Crippen molar-refractivity contribution >= 4 is 17.0 Å². The molecule has 31 heavy (non-hydrogen) atoms. The summed E-state index contributed by atoms with van der Waals surface area (Å²) in [6.45, 7) is 2.15. The molecule has 2 aromatic carbocycles. The van der Waals surface area contributed by atoms with E-state index in [9.17, 15) is 0 Å². The van der Waals surface area contributed by atoms with Gasteiger partial charge in [0.05, 0.1) is 0 Å². The van der Waals surface area contributed by atoms with Crippen molar-refractivity contribution in [1.29, 1.82) is 0 Å². The molecule has 0 radical (unpaired) electrons. The predicted molar refractivity (Wildman–Crippen MR) is 125 cm³/mol. The van der Waals surface area contributed by atoms with E-state index >= 15 is 0 Å². The number of pyridine rings is 1. The Labute approximate surface area is 182 Å². The smallest absolute Gasteiger partial charge is 0.167 e. The summed E-state index contributed by atoms with van der Waals surface area (Å²) in [5.74, 6) is 1.96. The SMILES string of the molecule is NC1(c2ccc(-n3c(-c4ccccc4)nc4ccc(N5CCCC5)nc43)cc2)CCC1. The van der Waals surface area contributed by atoms with Crippen LogP contribution in [-0.2, 0) is 5.54 Å². The molecule has 0 atom stereocenters. The molecule has 1 saturated carbocycles. The molecule has 5 heteroatoms. The van der Waals surface area contributed by atoms with Gasteiger partial charge in [0.1, 0.15) is 17.2 Å². The standard InChI is InChI=1S/C26H27N5/c27-26(15-6-16-26)20-9-11-21(12-10-20)31-24(19-7-2-1-3-8-19)28-22-13-14-23(29-25(22)31)30-17-4-5-18-30/h1-3,7-14H,4-6,15-18,27H2. The predicted octanol–water partition coefficient (Wildman–Crippen LogP) is 5.03. The Bertz CT molecular complexity index is 1220. The lowest BCUT2D eigenvalue weighted by Crippen LogP contribution is -2.43. The quantitative estimate of drug-likeness (QED) is 0.514. The van der Waals surface area contributed by atoms with Crippen LogP contribution in [0.3, 0.4) is 0 Å². The summed E-state index contributed by atoms with van der Waals surface area (Å²) in [6.07, 6.45) is 5.81. The Morgan fingerprint density at radius 2 is 1.52 bits per heavy atom. The number of fused-ring (bicyclic) bond motifs is 1. The maximum absolute atomic E-state index is 6.56. The zero-order valence-corrected chi connectivity index (χ0v) is 17.7. The van der Waals surface area contributed by atoms with Gasteiger partial charge in [0.2, 0.25) is 0 Å². The molecule has 0 amide bonds. The molecule has 0 spiro atoms. The van der Waals surface area contributed by atoms with Gasteiger partial charge in [0.25, 0.3) is 0 Å². The van der Waals surface area contributed by atoms with Crippen LogP contribution in [0.15, 0.2) is 66.7 Å². The van der Waals surface area contributed by atoms with Crippen LogP contribution in [0.25, 0.3) is 28.2 Å². The van der Waals surface area contributed by atoms with Crippen molar-refractivity contribution < 1.29 is 0 Å². The van der Waals surface area contributed by atoms with E-state index in [1.165, 1.54) is 24.8 Å². The molecule has 4 aromatic rings. The molecule has 1 saturated heterocycles. The van der Waals surface area contributed by atoms with Crippen molar-refractivity contribution in [2.75, 3.05) is 18.0 Å². The van der Waals surface area contributed by atoms with Crippen molar-refractivity contribution in [3.05, 3.63) is 72.3 Å². The van der Waals surface area contributed by atoms with Crippen LogP contribution in [0.4, 0.5) is 5.82 Å². The molecule has 2 N–H and O–H groups in total. The second kappa shape index (κ2) is 7.20. The van der Waals surface area contributed by atoms with E-state index in [4.69, 9.17) is 15.7 Å². The maximum atomic E-state index is 6.56. The fourth-order valence-electron chi connectivity index (χ4n) is 4.88. The second-order valence-corrected chi connectivity index (χ2v) is 8.90. The van der Waals surface area contributed by atoms with E-state index in [2.05, 4.69) is 70.1 Å². The molecule has 156 valence electrons. The lowest BCUT2D eigenvalue weighted by molar-refractivity contribution is 0.253. The Hall–Kier alpha value is -3.18. The van der Waals surface area contributed by atoms with Gasteiger partial charge in [0, 0.05) is 29.9 Å². The van der Waals surface area contributed by atoms with Gasteiger partial charge in [-0.1, -0.05) is 42.5 Å². The number of nitrogens with two attached hydrogens (primary N) is 1. The average molecular weight is 410 g/mol. The Morgan fingerprint density at radius 3 is 2.19 bits per heavy atom. The van der Waals surface area contributed by atoms with Gasteiger partial charge in [-0.25, -0.2) is 9.97 Å². The minimum atomic E-state index is -0.154. The van der Waals surface area contributed by atoms with Crippen molar-refractivity contribution in [3.8, 4) is 17.1 Å². The van der Waals surface area contributed by atoms with E-state index in [-0.39, 0.29) is 5.54 Å². The highest BCUT2D eigenvalue weighted by Gasteiger charge is 2.34. The van der Waals surface area contributed by atoms with Gasteiger partial charge in [-0.15, -0.1) is 0 Å². The van der Waals surface area contributed by atoms with E-state index < -0.39 is 0 Å². The molecule has 2 aliphatic rings. The van der Waals surface area contributed by atoms with Crippen LogP contribution in [0, 0.1) is 0 Å². The van der Waals surface area contributed by atoms with Crippen LogP contribution < -0.4 is 10.6 Å². The molecule has 6 rings (SSSR count). The third kappa shape index (κ3) is 3.12. The molecule has 2 aromatic heterocycles.